The zero-order valence-corrected chi connectivity index (χ0v) is 38.0. The Labute approximate surface area is 358 Å². The Balaban J connectivity index is 2.39. The molecule has 0 aromatic rings. The number of unbranched alkanes of at least 4 members (excludes halogenated alkanes) is 24. The Morgan fingerprint density at radius 2 is 0.898 bits per heavy atom. The minimum absolute atomic E-state index is 0.0801. The van der Waals surface area contributed by atoms with Crippen molar-refractivity contribution in [2.75, 3.05) is 19.8 Å². The first kappa shape index (κ1) is 55.8. The van der Waals surface area contributed by atoms with Gasteiger partial charge in [-0.2, -0.15) is 0 Å². The van der Waals surface area contributed by atoms with E-state index in [1.54, 1.807) is 0 Å². The lowest BCUT2D eigenvalue weighted by molar-refractivity contribution is -0.220. The molecule has 13 heteroatoms. The van der Waals surface area contributed by atoms with Crippen molar-refractivity contribution >= 4 is 13.8 Å². The van der Waals surface area contributed by atoms with Crippen molar-refractivity contribution in [1.29, 1.82) is 0 Å². The second-order valence-corrected chi connectivity index (χ2v) is 18.0. The zero-order chi connectivity index (χ0) is 43.4. The summed E-state index contributed by atoms with van der Waals surface area (Å²) in [5.41, 5.74) is 0. The van der Waals surface area contributed by atoms with Gasteiger partial charge in [0.05, 0.1) is 13.2 Å². The molecule has 1 aliphatic carbocycles. The van der Waals surface area contributed by atoms with Gasteiger partial charge in [-0.15, -0.1) is 0 Å². The summed E-state index contributed by atoms with van der Waals surface area (Å²) in [5.74, 6) is -0.483. The highest BCUT2D eigenvalue weighted by Gasteiger charge is 2.51. The number of hydrogen-bond donors (Lipinski definition) is 6. The third-order valence-corrected chi connectivity index (χ3v) is 12.0. The van der Waals surface area contributed by atoms with Gasteiger partial charge in [-0.3, -0.25) is 13.8 Å². The number of carbonyl (C=O) groups is 1. The van der Waals surface area contributed by atoms with E-state index >= 15 is 0 Å². The highest BCUT2D eigenvalue weighted by molar-refractivity contribution is 7.47. The number of phosphoric acid groups is 1. The van der Waals surface area contributed by atoms with E-state index < -0.39 is 63.1 Å². The fourth-order valence-corrected chi connectivity index (χ4v) is 8.20. The molecule has 6 unspecified atom stereocenters. The van der Waals surface area contributed by atoms with Crippen molar-refractivity contribution in [2.24, 2.45) is 0 Å². The fourth-order valence-electron chi connectivity index (χ4n) is 7.23. The number of allylic oxidation sites excluding steroid dienone is 4. The summed E-state index contributed by atoms with van der Waals surface area (Å²) >= 11 is 0. The van der Waals surface area contributed by atoms with Crippen molar-refractivity contribution < 1.29 is 58.3 Å². The number of carbonyl (C=O) groups excluding carboxylic acids is 1. The van der Waals surface area contributed by atoms with Gasteiger partial charge in [0, 0.05) is 13.0 Å². The molecule has 0 radical (unpaired) electrons. The normalized spacial score (nSPS) is 22.6. The van der Waals surface area contributed by atoms with Crippen LogP contribution >= 0.6 is 7.82 Å². The van der Waals surface area contributed by atoms with Crippen molar-refractivity contribution in [1.82, 2.24) is 0 Å². The van der Waals surface area contributed by atoms with Crippen LogP contribution in [0.25, 0.3) is 0 Å². The van der Waals surface area contributed by atoms with Gasteiger partial charge < -0.3 is 39.9 Å². The standard InChI is InChI=1S/C46H87O12P/c1-3-5-7-9-11-13-15-17-19-20-21-23-25-27-29-31-33-35-40(47)57-39(38-56-59(53,54)58-46-44(51)42(49)41(48)43(50)45(46)52)37-55-36-34-32-30-28-26-24-22-18-16-14-12-10-8-6-4-2/h16-19,39,41-46,48-52H,3-15,20-38H2,1-2H3,(H,53,54)/b18-16-,19-17-. The summed E-state index contributed by atoms with van der Waals surface area (Å²) in [6.07, 6.45) is 29.5. The summed E-state index contributed by atoms with van der Waals surface area (Å²) in [6, 6.07) is 0. The van der Waals surface area contributed by atoms with Gasteiger partial charge in [0.25, 0.3) is 0 Å². The predicted molar refractivity (Wildman–Crippen MR) is 235 cm³/mol. The fraction of sp³-hybridized carbons (Fsp3) is 0.891. The van der Waals surface area contributed by atoms with E-state index in [-0.39, 0.29) is 13.0 Å². The van der Waals surface area contributed by atoms with Crippen molar-refractivity contribution in [3.63, 3.8) is 0 Å². The first-order chi connectivity index (χ1) is 28.5. The minimum Gasteiger partial charge on any atom is -0.457 e. The van der Waals surface area contributed by atoms with Crippen LogP contribution in [-0.4, -0.2) is 98.9 Å². The molecular formula is C46H87O12P. The molecule has 0 saturated heterocycles. The van der Waals surface area contributed by atoms with Gasteiger partial charge in [0.15, 0.2) is 0 Å². The molecule has 348 valence electrons. The van der Waals surface area contributed by atoms with E-state index in [2.05, 4.69) is 38.2 Å². The van der Waals surface area contributed by atoms with Gasteiger partial charge >= 0.3 is 13.8 Å². The molecule has 1 saturated carbocycles. The molecule has 1 rings (SSSR count). The Morgan fingerprint density at radius 1 is 0.525 bits per heavy atom. The Morgan fingerprint density at radius 3 is 1.34 bits per heavy atom. The second kappa shape index (κ2) is 37.4. The van der Waals surface area contributed by atoms with Gasteiger partial charge in [0.1, 0.15) is 42.7 Å². The van der Waals surface area contributed by atoms with E-state index in [4.69, 9.17) is 18.5 Å². The third-order valence-electron chi connectivity index (χ3n) is 11.0. The first-order valence-corrected chi connectivity index (χ1v) is 25.2. The number of esters is 1. The molecule has 0 aliphatic heterocycles. The lowest BCUT2D eigenvalue weighted by atomic mass is 9.85. The van der Waals surface area contributed by atoms with E-state index in [0.717, 1.165) is 57.8 Å². The van der Waals surface area contributed by atoms with E-state index in [0.29, 0.717) is 13.0 Å². The van der Waals surface area contributed by atoms with Crippen LogP contribution in [0.3, 0.4) is 0 Å². The first-order valence-electron chi connectivity index (χ1n) is 23.7. The van der Waals surface area contributed by atoms with Crippen LogP contribution < -0.4 is 0 Å². The monoisotopic (exact) mass is 863 g/mol. The van der Waals surface area contributed by atoms with Gasteiger partial charge in [0.2, 0.25) is 0 Å². The maximum Gasteiger partial charge on any atom is 0.472 e. The number of phosphoric ester groups is 1. The molecule has 0 bridgehead atoms. The average molecular weight is 863 g/mol. The summed E-state index contributed by atoms with van der Waals surface area (Å²) < 4.78 is 34.2. The maximum atomic E-state index is 12.8. The van der Waals surface area contributed by atoms with E-state index in [9.17, 15) is 39.8 Å². The van der Waals surface area contributed by atoms with Crippen molar-refractivity contribution in [3.05, 3.63) is 24.3 Å². The number of rotatable bonds is 40. The topological polar surface area (TPSA) is 192 Å². The molecule has 0 spiro atoms. The maximum absolute atomic E-state index is 12.8. The molecule has 0 amide bonds. The molecule has 59 heavy (non-hydrogen) atoms. The van der Waals surface area contributed by atoms with Crippen LogP contribution in [0.1, 0.15) is 200 Å². The van der Waals surface area contributed by atoms with Crippen LogP contribution in [0.5, 0.6) is 0 Å². The van der Waals surface area contributed by atoms with Gasteiger partial charge in [-0.1, -0.05) is 154 Å². The molecule has 0 aromatic heterocycles. The highest BCUT2D eigenvalue weighted by atomic mass is 31.2. The molecule has 6 N–H and O–H groups in total. The van der Waals surface area contributed by atoms with Crippen LogP contribution in [0, 0.1) is 0 Å². The second-order valence-electron chi connectivity index (χ2n) is 16.6. The molecule has 0 heterocycles. The largest absolute Gasteiger partial charge is 0.472 e. The van der Waals surface area contributed by atoms with Crippen molar-refractivity contribution in [2.45, 2.75) is 243 Å². The lowest BCUT2D eigenvalue weighted by Gasteiger charge is -2.41. The van der Waals surface area contributed by atoms with Gasteiger partial charge in [-0.25, -0.2) is 4.57 Å². The minimum atomic E-state index is -5.02. The predicted octanol–water partition coefficient (Wildman–Crippen LogP) is 9.70. The van der Waals surface area contributed by atoms with E-state index in [1.807, 2.05) is 0 Å². The van der Waals surface area contributed by atoms with E-state index in [1.165, 1.54) is 116 Å². The summed E-state index contributed by atoms with van der Waals surface area (Å²) in [6.45, 7) is 4.24. The number of aliphatic hydroxyl groups excluding tert-OH is 5. The SMILES string of the molecule is CCCCCCC/C=C\CCCCCCCCOCC(COP(=O)(O)OC1C(O)C(O)C(O)C(O)C1O)OC(=O)CCCCCCCCC/C=C\CCCCCCCC. The summed E-state index contributed by atoms with van der Waals surface area (Å²) in [7, 11) is -5.02. The van der Waals surface area contributed by atoms with Crippen LogP contribution in [0.4, 0.5) is 0 Å². The summed E-state index contributed by atoms with van der Waals surface area (Å²) in [4.78, 5) is 23.2. The quantitative estimate of drug-likeness (QED) is 0.0148. The van der Waals surface area contributed by atoms with Gasteiger partial charge in [-0.05, 0) is 64.2 Å². The molecule has 6 atom stereocenters. The van der Waals surface area contributed by atoms with Crippen molar-refractivity contribution in [3.8, 4) is 0 Å². The molecule has 12 nitrogen and oxygen atoms in total. The zero-order valence-electron chi connectivity index (χ0n) is 37.1. The Kier molecular flexibility index (Phi) is 35.4. The Hall–Kier alpha value is -1.18. The molecule has 1 aliphatic rings. The highest BCUT2D eigenvalue weighted by Crippen LogP contribution is 2.47. The summed E-state index contributed by atoms with van der Waals surface area (Å²) in [5, 5.41) is 50.2. The van der Waals surface area contributed by atoms with Crippen LogP contribution in [-0.2, 0) is 27.9 Å². The number of ether oxygens (including phenoxy) is 2. The number of aliphatic hydroxyl groups is 5. The third kappa shape index (κ3) is 29.7. The Bertz CT molecular complexity index is 1070. The smallest absolute Gasteiger partial charge is 0.457 e. The number of hydrogen-bond acceptors (Lipinski definition) is 11. The molecular weight excluding hydrogens is 775 g/mol. The van der Waals surface area contributed by atoms with Crippen LogP contribution in [0.2, 0.25) is 0 Å². The lowest BCUT2D eigenvalue weighted by Crippen LogP contribution is -2.64. The van der Waals surface area contributed by atoms with Crippen LogP contribution in [0.15, 0.2) is 24.3 Å². The average Bonchev–Trinajstić information content (AvgIpc) is 3.22. The molecule has 1 fully saturated rings. The molecule has 0 aromatic carbocycles.